The highest BCUT2D eigenvalue weighted by molar-refractivity contribution is 6.55. The van der Waals surface area contributed by atoms with Gasteiger partial charge in [-0.15, -0.1) is 0 Å². The van der Waals surface area contributed by atoms with Crippen LogP contribution in [0.5, 0.6) is 11.6 Å². The first-order valence-corrected chi connectivity index (χ1v) is 11.5. The Morgan fingerprint density at radius 2 is 1.59 bits per heavy atom. The summed E-state index contributed by atoms with van der Waals surface area (Å²) in [6, 6.07) is 9.98. The van der Waals surface area contributed by atoms with Crippen LogP contribution in [0.25, 0.3) is 0 Å². The van der Waals surface area contributed by atoms with Crippen molar-refractivity contribution in [2.75, 3.05) is 6.61 Å². The second-order valence-corrected chi connectivity index (χ2v) is 9.07. The molecular formula is C23H15Cl5N2O4. The highest BCUT2D eigenvalue weighted by atomic mass is 35.5. The monoisotopic (exact) mass is 558 g/mol. The predicted molar refractivity (Wildman–Crippen MR) is 133 cm³/mol. The molecule has 0 amide bonds. The molecule has 11 heteroatoms. The minimum Gasteiger partial charge on any atom is -0.494 e. The molecule has 0 radical (unpaired) electrons. The molecule has 0 spiro atoms. The molecule has 0 aliphatic carbocycles. The minimum atomic E-state index is -0.741. The zero-order chi connectivity index (χ0) is 25.3. The Balaban J connectivity index is 2.08. The van der Waals surface area contributed by atoms with Gasteiger partial charge in [-0.1, -0.05) is 88.3 Å². The molecule has 3 aromatic rings. The molecule has 1 atom stereocenters. The Kier molecular flexibility index (Phi) is 8.07. The summed E-state index contributed by atoms with van der Waals surface area (Å²) in [5, 5.41) is 19.9. The number of ketones is 1. The largest absolute Gasteiger partial charge is 0.494 e. The van der Waals surface area contributed by atoms with Crippen molar-refractivity contribution in [2.45, 2.75) is 19.9 Å². The van der Waals surface area contributed by atoms with Gasteiger partial charge in [0.05, 0.1) is 26.7 Å². The van der Waals surface area contributed by atoms with Crippen molar-refractivity contribution in [2.24, 2.45) is 0 Å². The van der Waals surface area contributed by atoms with Gasteiger partial charge in [0.25, 0.3) is 5.56 Å². The Bertz CT molecular complexity index is 1370. The lowest BCUT2D eigenvalue weighted by Gasteiger charge is -2.21. The van der Waals surface area contributed by atoms with E-state index in [0.717, 1.165) is 4.57 Å². The van der Waals surface area contributed by atoms with Crippen LogP contribution in [0.15, 0.2) is 35.1 Å². The first-order valence-electron chi connectivity index (χ1n) is 9.63. The van der Waals surface area contributed by atoms with E-state index in [0.29, 0.717) is 5.56 Å². The molecule has 34 heavy (non-hydrogen) atoms. The van der Waals surface area contributed by atoms with E-state index in [1.165, 1.54) is 6.92 Å². The highest BCUT2D eigenvalue weighted by Gasteiger charge is 2.28. The van der Waals surface area contributed by atoms with Gasteiger partial charge < -0.3 is 9.84 Å². The first-order chi connectivity index (χ1) is 16.0. The van der Waals surface area contributed by atoms with Crippen molar-refractivity contribution in [3.05, 3.63) is 88.1 Å². The number of nitrogens with zero attached hydrogens (tertiary/aromatic N) is 2. The number of nitriles is 1. The van der Waals surface area contributed by atoms with Crippen molar-refractivity contribution < 1.29 is 14.6 Å². The van der Waals surface area contributed by atoms with E-state index in [9.17, 15) is 20.0 Å². The fourth-order valence-corrected chi connectivity index (χ4v) is 4.65. The lowest BCUT2D eigenvalue weighted by Crippen LogP contribution is -2.30. The second-order valence-electron chi connectivity index (χ2n) is 7.18. The third-order valence-electron chi connectivity index (χ3n) is 5.21. The van der Waals surface area contributed by atoms with Crippen molar-refractivity contribution in [3.63, 3.8) is 0 Å². The van der Waals surface area contributed by atoms with E-state index < -0.39 is 29.9 Å². The van der Waals surface area contributed by atoms with Crippen LogP contribution in [0.3, 0.4) is 0 Å². The zero-order valence-electron chi connectivity index (χ0n) is 17.6. The van der Waals surface area contributed by atoms with Gasteiger partial charge in [-0.3, -0.25) is 14.2 Å². The quantitative estimate of drug-likeness (QED) is 0.202. The van der Waals surface area contributed by atoms with Crippen LogP contribution in [-0.2, 0) is 0 Å². The number of rotatable bonds is 6. The maximum absolute atomic E-state index is 13.1. The van der Waals surface area contributed by atoms with Crippen LogP contribution >= 0.6 is 58.0 Å². The third kappa shape index (κ3) is 4.59. The summed E-state index contributed by atoms with van der Waals surface area (Å²) >= 11 is 30.3. The molecule has 2 aromatic carbocycles. The van der Waals surface area contributed by atoms with Crippen LogP contribution in [0.1, 0.15) is 40.0 Å². The average Bonchev–Trinajstić information content (AvgIpc) is 2.82. The molecule has 1 unspecified atom stereocenters. The molecule has 0 aliphatic heterocycles. The van der Waals surface area contributed by atoms with E-state index >= 15 is 0 Å². The fraction of sp³-hybridized carbons (Fsp3) is 0.174. The molecule has 0 bridgehead atoms. The number of hydrogen-bond acceptors (Lipinski definition) is 5. The Morgan fingerprint density at radius 3 is 2.12 bits per heavy atom. The fourth-order valence-electron chi connectivity index (χ4n) is 3.42. The number of benzene rings is 2. The van der Waals surface area contributed by atoms with E-state index in [1.54, 1.807) is 37.3 Å². The Hall–Kier alpha value is -2.40. The summed E-state index contributed by atoms with van der Waals surface area (Å²) in [7, 11) is 0. The first kappa shape index (κ1) is 26.2. The van der Waals surface area contributed by atoms with Gasteiger partial charge in [0.15, 0.2) is 12.4 Å². The number of halogens is 5. The van der Waals surface area contributed by atoms with Gasteiger partial charge >= 0.3 is 0 Å². The molecule has 0 fully saturated rings. The average molecular weight is 561 g/mol. The van der Waals surface area contributed by atoms with E-state index in [-0.39, 0.29) is 47.6 Å². The van der Waals surface area contributed by atoms with Crippen molar-refractivity contribution >= 4 is 63.8 Å². The van der Waals surface area contributed by atoms with Crippen LogP contribution in [-0.4, -0.2) is 22.1 Å². The molecule has 0 saturated heterocycles. The number of aromatic hydroxyl groups is 1. The van der Waals surface area contributed by atoms with Crippen molar-refractivity contribution in [1.82, 2.24) is 4.57 Å². The molecule has 3 rings (SSSR count). The molecular weight excluding hydrogens is 546 g/mol. The summed E-state index contributed by atoms with van der Waals surface area (Å²) in [5.74, 6) is -1.52. The van der Waals surface area contributed by atoms with E-state index in [2.05, 4.69) is 0 Å². The maximum Gasteiger partial charge on any atom is 0.272 e. The molecule has 176 valence electrons. The van der Waals surface area contributed by atoms with Crippen molar-refractivity contribution in [1.29, 1.82) is 5.26 Å². The maximum atomic E-state index is 13.1. The molecule has 0 saturated carbocycles. The number of hydrogen-bond donors (Lipinski definition) is 1. The summed E-state index contributed by atoms with van der Waals surface area (Å²) < 4.78 is 6.47. The topological polar surface area (TPSA) is 92.3 Å². The summed E-state index contributed by atoms with van der Waals surface area (Å²) in [6.07, 6.45) is 0. The highest BCUT2D eigenvalue weighted by Crippen LogP contribution is 2.48. The lowest BCUT2D eigenvalue weighted by molar-refractivity contribution is 0.0916. The van der Waals surface area contributed by atoms with Gasteiger partial charge in [0, 0.05) is 0 Å². The van der Waals surface area contributed by atoms with Crippen LogP contribution in [0, 0.1) is 18.3 Å². The second kappa shape index (κ2) is 10.5. The van der Waals surface area contributed by atoms with Gasteiger partial charge in [0.2, 0.25) is 11.7 Å². The Labute approximate surface area is 219 Å². The standard InChI is InChI=1S/C23H15Cl5N2O4/c1-10-13(8-29)22(32)30(11(2)12-6-4-3-5-7-12)23(33)15(10)14(31)9-34-21-19(27)17(25)16(24)18(26)20(21)28/h3-7,11,33H,9H2,1-2H3. The van der Waals surface area contributed by atoms with Gasteiger partial charge in [-0.05, 0) is 25.0 Å². The van der Waals surface area contributed by atoms with E-state index in [4.69, 9.17) is 62.7 Å². The number of Topliss-reactive ketones (excluding diaryl/α,β-unsaturated/α-hetero) is 1. The van der Waals surface area contributed by atoms with Gasteiger partial charge in [-0.2, -0.15) is 5.26 Å². The molecule has 1 N–H and O–H groups in total. The predicted octanol–water partition coefficient (Wildman–Crippen LogP) is 6.87. The summed E-state index contributed by atoms with van der Waals surface area (Å²) in [5.41, 5.74) is -0.561. The SMILES string of the molecule is Cc1c(C(=O)COc2c(Cl)c(Cl)c(Cl)c(Cl)c2Cl)c(O)n(C(C)c2ccccc2)c(=O)c1C#N. The number of carbonyl (C=O) groups excluding carboxylic acids is 1. The minimum absolute atomic E-state index is 0.0134. The molecule has 1 heterocycles. The molecule has 0 aliphatic rings. The van der Waals surface area contributed by atoms with Gasteiger partial charge in [-0.25, -0.2) is 0 Å². The van der Waals surface area contributed by atoms with Gasteiger partial charge in [0.1, 0.15) is 21.7 Å². The molecule has 6 nitrogen and oxygen atoms in total. The van der Waals surface area contributed by atoms with E-state index in [1.807, 2.05) is 6.07 Å². The summed E-state index contributed by atoms with van der Waals surface area (Å²) in [4.78, 5) is 26.1. The number of ether oxygens (including phenoxy) is 1. The smallest absolute Gasteiger partial charge is 0.272 e. The number of pyridine rings is 1. The number of carbonyl (C=O) groups is 1. The lowest BCUT2D eigenvalue weighted by atomic mass is 10.00. The summed E-state index contributed by atoms with van der Waals surface area (Å²) in [6.45, 7) is 2.39. The van der Waals surface area contributed by atoms with Crippen molar-refractivity contribution in [3.8, 4) is 17.7 Å². The van der Waals surface area contributed by atoms with Crippen LogP contribution in [0.2, 0.25) is 25.1 Å². The third-order valence-corrected chi connectivity index (χ3v) is 7.45. The van der Waals surface area contributed by atoms with Crippen LogP contribution in [0.4, 0.5) is 0 Å². The van der Waals surface area contributed by atoms with Crippen LogP contribution < -0.4 is 10.3 Å². The normalized spacial score (nSPS) is 11.7. The molecule has 1 aromatic heterocycles. The zero-order valence-corrected chi connectivity index (χ0v) is 21.4. The Morgan fingerprint density at radius 1 is 1.06 bits per heavy atom. The number of aromatic nitrogens is 1.